The Kier molecular flexibility index (Phi) is 4.50. The predicted molar refractivity (Wildman–Crippen MR) is 90.1 cm³/mol. The van der Waals surface area contributed by atoms with E-state index in [1.54, 1.807) is 0 Å². The van der Waals surface area contributed by atoms with Crippen molar-refractivity contribution in [2.75, 3.05) is 23.3 Å². The maximum atomic E-state index is 12.2. The van der Waals surface area contributed by atoms with Gasteiger partial charge in [-0.1, -0.05) is 23.2 Å². The van der Waals surface area contributed by atoms with Gasteiger partial charge >= 0.3 is 0 Å². The predicted octanol–water partition coefficient (Wildman–Crippen LogP) is 4.24. The number of nitrogens with one attached hydrogen (secondary N) is 1. The van der Waals surface area contributed by atoms with Crippen molar-refractivity contribution in [1.29, 1.82) is 0 Å². The molecule has 6 heteroatoms. The molecule has 2 aromatic rings. The van der Waals surface area contributed by atoms with E-state index in [1.807, 2.05) is 24.3 Å². The molecule has 1 amide bonds. The number of carbonyl (C=O) groups excluding carboxylic acids is 1. The van der Waals surface area contributed by atoms with E-state index in [4.69, 9.17) is 23.2 Å². The van der Waals surface area contributed by atoms with Crippen molar-refractivity contribution < 1.29 is 4.79 Å². The van der Waals surface area contributed by atoms with Gasteiger partial charge in [0.05, 0.1) is 10.6 Å². The van der Waals surface area contributed by atoms with Crippen LogP contribution in [-0.2, 0) is 0 Å². The Labute approximate surface area is 139 Å². The Balaban J connectivity index is 1.69. The minimum atomic E-state index is -0.264. The van der Waals surface area contributed by atoms with Crippen LogP contribution in [0.15, 0.2) is 36.5 Å². The fraction of sp³-hybridized carbons (Fsp3) is 0.250. The number of hydrogen-bond donors (Lipinski definition) is 1. The van der Waals surface area contributed by atoms with Crippen LogP contribution in [0.25, 0.3) is 0 Å². The van der Waals surface area contributed by atoms with Crippen LogP contribution in [0.2, 0.25) is 10.2 Å². The smallest absolute Gasteiger partial charge is 0.257 e. The molecule has 0 saturated carbocycles. The van der Waals surface area contributed by atoms with Crippen LogP contribution in [0.5, 0.6) is 0 Å². The Morgan fingerprint density at radius 1 is 1.14 bits per heavy atom. The summed E-state index contributed by atoms with van der Waals surface area (Å²) in [6.45, 7) is 2.20. The first-order valence-electron chi connectivity index (χ1n) is 7.11. The molecule has 1 saturated heterocycles. The monoisotopic (exact) mass is 335 g/mol. The Bertz CT molecular complexity index is 682. The van der Waals surface area contributed by atoms with Crippen LogP contribution >= 0.6 is 23.2 Å². The Hall–Kier alpha value is -1.78. The molecule has 1 N–H and O–H groups in total. The van der Waals surface area contributed by atoms with Gasteiger partial charge in [0.1, 0.15) is 5.15 Å². The topological polar surface area (TPSA) is 45.2 Å². The second-order valence-corrected chi connectivity index (χ2v) is 5.96. The van der Waals surface area contributed by atoms with Crippen LogP contribution in [0.1, 0.15) is 23.2 Å². The van der Waals surface area contributed by atoms with Crippen molar-refractivity contribution in [3.8, 4) is 0 Å². The van der Waals surface area contributed by atoms with Crippen molar-refractivity contribution >= 4 is 40.5 Å². The average Bonchev–Trinajstić information content (AvgIpc) is 3.05. The van der Waals surface area contributed by atoms with E-state index in [0.29, 0.717) is 5.56 Å². The summed E-state index contributed by atoms with van der Waals surface area (Å²) in [5.74, 6) is -0.264. The van der Waals surface area contributed by atoms with E-state index in [0.717, 1.165) is 18.8 Å². The average molecular weight is 336 g/mol. The van der Waals surface area contributed by atoms with Crippen molar-refractivity contribution in [2.45, 2.75) is 12.8 Å². The fourth-order valence-electron chi connectivity index (χ4n) is 2.48. The van der Waals surface area contributed by atoms with Crippen molar-refractivity contribution in [1.82, 2.24) is 4.98 Å². The summed E-state index contributed by atoms with van der Waals surface area (Å²) in [6, 6.07) is 9.35. The van der Waals surface area contributed by atoms with Gasteiger partial charge in [0, 0.05) is 30.7 Å². The van der Waals surface area contributed by atoms with Crippen molar-refractivity contribution in [3.05, 3.63) is 52.3 Å². The summed E-state index contributed by atoms with van der Waals surface area (Å²) in [4.78, 5) is 18.4. The van der Waals surface area contributed by atoms with Crippen LogP contribution in [0.3, 0.4) is 0 Å². The van der Waals surface area contributed by atoms with Gasteiger partial charge in [0.15, 0.2) is 0 Å². The minimum absolute atomic E-state index is 0.188. The quantitative estimate of drug-likeness (QED) is 0.853. The lowest BCUT2D eigenvalue weighted by Crippen LogP contribution is -2.17. The Morgan fingerprint density at radius 2 is 1.82 bits per heavy atom. The zero-order chi connectivity index (χ0) is 15.5. The second kappa shape index (κ2) is 6.55. The fourth-order valence-corrected chi connectivity index (χ4v) is 2.75. The molecule has 1 aliphatic rings. The van der Waals surface area contributed by atoms with Crippen LogP contribution in [0, 0.1) is 0 Å². The lowest BCUT2D eigenvalue weighted by molar-refractivity contribution is 0.102. The third-order valence-electron chi connectivity index (χ3n) is 3.65. The summed E-state index contributed by atoms with van der Waals surface area (Å²) in [5.41, 5.74) is 2.30. The summed E-state index contributed by atoms with van der Waals surface area (Å²) in [6.07, 6.45) is 3.88. The summed E-state index contributed by atoms with van der Waals surface area (Å²) in [7, 11) is 0. The lowest BCUT2D eigenvalue weighted by Gasteiger charge is -2.17. The van der Waals surface area contributed by atoms with Gasteiger partial charge in [-0.3, -0.25) is 4.79 Å². The molecule has 0 unspecified atom stereocenters. The number of nitrogens with zero attached hydrogens (tertiary/aromatic N) is 2. The summed E-state index contributed by atoms with van der Waals surface area (Å²) in [5, 5.41) is 3.27. The molecule has 0 aliphatic carbocycles. The molecule has 1 fully saturated rings. The SMILES string of the molecule is O=C(Nc1ccc(N2CCCC2)cc1)c1cnc(Cl)c(Cl)c1. The van der Waals surface area contributed by atoms with E-state index >= 15 is 0 Å². The maximum absolute atomic E-state index is 12.2. The van der Waals surface area contributed by atoms with Gasteiger partial charge in [0.2, 0.25) is 0 Å². The number of halogens is 2. The zero-order valence-electron chi connectivity index (χ0n) is 11.9. The molecule has 0 spiro atoms. The van der Waals surface area contributed by atoms with Gasteiger partial charge in [0.25, 0.3) is 5.91 Å². The number of hydrogen-bond acceptors (Lipinski definition) is 3. The number of pyridine rings is 1. The first kappa shape index (κ1) is 15.1. The number of amides is 1. The molecule has 1 aliphatic heterocycles. The normalized spacial score (nSPS) is 14.2. The molecule has 114 valence electrons. The molecule has 4 nitrogen and oxygen atoms in total. The second-order valence-electron chi connectivity index (χ2n) is 5.19. The Morgan fingerprint density at radius 3 is 2.45 bits per heavy atom. The van der Waals surface area contributed by atoms with E-state index in [2.05, 4.69) is 15.2 Å². The summed E-state index contributed by atoms with van der Waals surface area (Å²) < 4.78 is 0. The van der Waals surface area contributed by atoms with Gasteiger partial charge < -0.3 is 10.2 Å². The van der Waals surface area contributed by atoms with Gasteiger partial charge in [-0.15, -0.1) is 0 Å². The third kappa shape index (κ3) is 3.34. The number of aromatic nitrogens is 1. The molecule has 22 heavy (non-hydrogen) atoms. The van der Waals surface area contributed by atoms with E-state index in [-0.39, 0.29) is 16.1 Å². The first-order chi connectivity index (χ1) is 10.6. The highest BCUT2D eigenvalue weighted by Crippen LogP contribution is 2.23. The van der Waals surface area contributed by atoms with E-state index in [1.165, 1.54) is 30.8 Å². The molecule has 2 heterocycles. The molecule has 1 aromatic heterocycles. The zero-order valence-corrected chi connectivity index (χ0v) is 13.4. The van der Waals surface area contributed by atoms with Crippen LogP contribution in [0.4, 0.5) is 11.4 Å². The van der Waals surface area contributed by atoms with Crippen LogP contribution in [-0.4, -0.2) is 24.0 Å². The molecule has 1 aromatic carbocycles. The van der Waals surface area contributed by atoms with Gasteiger partial charge in [-0.05, 0) is 43.2 Å². The third-order valence-corrected chi connectivity index (χ3v) is 4.34. The lowest BCUT2D eigenvalue weighted by atomic mass is 10.2. The highest BCUT2D eigenvalue weighted by molar-refractivity contribution is 6.41. The number of rotatable bonds is 3. The molecular weight excluding hydrogens is 321 g/mol. The minimum Gasteiger partial charge on any atom is -0.372 e. The molecular formula is C16H15Cl2N3O. The maximum Gasteiger partial charge on any atom is 0.257 e. The first-order valence-corrected chi connectivity index (χ1v) is 7.86. The van der Waals surface area contributed by atoms with Crippen molar-refractivity contribution in [3.63, 3.8) is 0 Å². The highest BCUT2D eigenvalue weighted by atomic mass is 35.5. The van der Waals surface area contributed by atoms with E-state index < -0.39 is 0 Å². The molecule has 0 atom stereocenters. The standard InChI is InChI=1S/C16H15Cl2N3O/c17-14-9-11(10-19-15(14)18)16(22)20-12-3-5-13(6-4-12)21-7-1-2-8-21/h3-6,9-10H,1-2,7-8H2,(H,20,22). The molecule has 0 bridgehead atoms. The van der Waals surface area contributed by atoms with Crippen molar-refractivity contribution in [2.24, 2.45) is 0 Å². The largest absolute Gasteiger partial charge is 0.372 e. The van der Waals surface area contributed by atoms with Gasteiger partial charge in [-0.25, -0.2) is 4.98 Å². The molecule has 0 radical (unpaired) electrons. The van der Waals surface area contributed by atoms with Gasteiger partial charge in [-0.2, -0.15) is 0 Å². The van der Waals surface area contributed by atoms with Crippen LogP contribution < -0.4 is 10.2 Å². The number of benzene rings is 1. The summed E-state index contributed by atoms with van der Waals surface area (Å²) >= 11 is 11.6. The highest BCUT2D eigenvalue weighted by Gasteiger charge is 2.13. The van der Waals surface area contributed by atoms with E-state index in [9.17, 15) is 4.79 Å². The number of carbonyl (C=O) groups is 1. The number of anilines is 2. The molecule has 3 rings (SSSR count).